The topological polar surface area (TPSA) is 155 Å². The summed E-state index contributed by atoms with van der Waals surface area (Å²) >= 11 is 0. The van der Waals surface area contributed by atoms with Gasteiger partial charge in [-0.25, -0.2) is 27.3 Å². The van der Waals surface area contributed by atoms with Crippen LogP contribution in [0.25, 0.3) is 22.8 Å². The number of imidazole rings is 1. The van der Waals surface area contributed by atoms with Crippen LogP contribution in [0.1, 0.15) is 29.7 Å². The quantitative estimate of drug-likeness (QED) is 0.189. The standard InChI is InChI=1S/C31H30F3N7O2.C6H6O3S/c1-19-28(27-11-12-36-40(27)25-9-7-20(16-35)8-10-25)39(29(42)37-24-13-21-17-41(2,3)18-22(21)14-24)30(43)38(19)26-6-4-5-23(15-26)31(32,33)34;7-10(8,9)6-4-2-1-3-5-6/h4-12,15,21-22,24H,13-14,17-18H2,1-3H3;1-5H,(H,7,8,9)/t21-,22+,24+;. The third-order valence-electron chi connectivity index (χ3n) is 9.70. The summed E-state index contributed by atoms with van der Waals surface area (Å²) in [6.07, 6.45) is -1.49. The van der Waals surface area contributed by atoms with E-state index in [9.17, 15) is 41.0 Å². The van der Waals surface area contributed by atoms with Crippen LogP contribution in [0.2, 0.25) is 0 Å². The third kappa shape index (κ3) is 7.82. The summed E-state index contributed by atoms with van der Waals surface area (Å²) in [5.74, 6) is 0.955. The molecule has 3 atom stereocenters. The van der Waals surface area contributed by atoms with Gasteiger partial charge in [-0.05, 0) is 80.4 Å². The van der Waals surface area contributed by atoms with E-state index < -0.39 is 33.6 Å². The zero-order valence-corrected chi connectivity index (χ0v) is 29.8. The Morgan fingerprint density at radius 1 is 0.962 bits per heavy atom. The van der Waals surface area contributed by atoms with Crippen LogP contribution in [0.15, 0.2) is 101 Å². The van der Waals surface area contributed by atoms with Gasteiger partial charge in [0, 0.05) is 17.9 Å². The van der Waals surface area contributed by atoms with Gasteiger partial charge >= 0.3 is 17.9 Å². The number of hydrogen-bond acceptors (Lipinski definition) is 7. The molecule has 0 unspecified atom stereocenters. The summed E-state index contributed by atoms with van der Waals surface area (Å²) in [6, 6.07) is 21.2. The van der Waals surface area contributed by atoms with Crippen molar-refractivity contribution in [3.05, 3.63) is 118 Å². The van der Waals surface area contributed by atoms with Crippen LogP contribution < -0.4 is 11.0 Å². The second-order valence-electron chi connectivity index (χ2n) is 13.9. The molecule has 0 radical (unpaired) electrons. The number of amides is 1. The number of fused-ring (bicyclic) bond motifs is 1. The fourth-order valence-electron chi connectivity index (χ4n) is 7.53. The van der Waals surface area contributed by atoms with E-state index in [0.717, 1.165) is 51.7 Å². The SMILES string of the molecule is Cc1c(-c2ccnn2-c2ccc(C#N)cc2)n(C(=O)N[C@H]2C[C@@H]3C[N+](C)(C)C[C@@H]3C2)c(=O)n1-c1cccc(C(F)(F)F)c1.O=S(=O)([O-])c1ccccc1. The molecule has 5 aromatic rings. The van der Waals surface area contributed by atoms with Gasteiger partial charge in [0.15, 0.2) is 0 Å². The molecule has 16 heteroatoms. The van der Waals surface area contributed by atoms with Crippen LogP contribution in [0.3, 0.4) is 0 Å². The summed E-state index contributed by atoms with van der Waals surface area (Å²) in [7, 11) is 0.152. The predicted molar refractivity (Wildman–Crippen MR) is 187 cm³/mol. The van der Waals surface area contributed by atoms with Gasteiger partial charge in [0.1, 0.15) is 15.8 Å². The lowest BCUT2D eigenvalue weighted by atomic mass is 10.0. The van der Waals surface area contributed by atoms with Crippen LogP contribution in [0.5, 0.6) is 0 Å². The highest BCUT2D eigenvalue weighted by Gasteiger charge is 2.47. The number of aromatic nitrogens is 4. The first-order valence-electron chi connectivity index (χ1n) is 16.7. The van der Waals surface area contributed by atoms with Crippen molar-refractivity contribution in [3.8, 4) is 28.8 Å². The molecule has 1 aliphatic carbocycles. The Kier molecular flexibility index (Phi) is 9.94. The molecule has 276 valence electrons. The average Bonchev–Trinajstić information content (AvgIpc) is 3.85. The number of nitrogens with zero attached hydrogens (tertiary/aromatic N) is 6. The second kappa shape index (κ2) is 14.1. The number of rotatable bonds is 5. The van der Waals surface area contributed by atoms with E-state index in [1.807, 2.05) is 0 Å². The Hall–Kier alpha value is -5.50. The first-order chi connectivity index (χ1) is 25.0. The molecule has 53 heavy (non-hydrogen) atoms. The number of nitriles is 1. The van der Waals surface area contributed by atoms with Gasteiger partial charge in [0.25, 0.3) is 0 Å². The molecule has 1 aliphatic heterocycles. The Balaban J connectivity index is 0.000000417. The lowest BCUT2D eigenvalue weighted by Crippen LogP contribution is -2.43. The maximum atomic E-state index is 14.0. The first kappa shape index (κ1) is 37.3. The molecule has 2 aliphatic rings. The zero-order chi connectivity index (χ0) is 38.3. The minimum atomic E-state index is -4.61. The first-order valence-corrected chi connectivity index (χ1v) is 18.1. The third-order valence-corrected chi connectivity index (χ3v) is 10.6. The van der Waals surface area contributed by atoms with Crippen molar-refractivity contribution >= 4 is 16.1 Å². The molecule has 3 heterocycles. The number of carbonyl (C=O) groups is 1. The van der Waals surface area contributed by atoms with E-state index in [1.165, 1.54) is 47.3 Å². The van der Waals surface area contributed by atoms with Crippen molar-refractivity contribution in [1.82, 2.24) is 24.2 Å². The minimum Gasteiger partial charge on any atom is -0.744 e. The van der Waals surface area contributed by atoms with E-state index in [2.05, 4.69) is 30.6 Å². The van der Waals surface area contributed by atoms with Crippen LogP contribution in [-0.2, 0) is 16.3 Å². The fraction of sp³-hybridized carbons (Fsp3) is 0.297. The van der Waals surface area contributed by atoms with Crippen molar-refractivity contribution in [1.29, 1.82) is 5.26 Å². The van der Waals surface area contributed by atoms with Gasteiger partial charge in [-0.2, -0.15) is 23.5 Å². The van der Waals surface area contributed by atoms with Crippen LogP contribution in [-0.4, -0.2) is 75.6 Å². The average molecular weight is 748 g/mol. The number of carbonyl (C=O) groups excluding carboxylic acids is 1. The molecule has 1 N–H and O–H groups in total. The highest BCUT2D eigenvalue weighted by molar-refractivity contribution is 7.85. The molecule has 0 bridgehead atoms. The highest BCUT2D eigenvalue weighted by atomic mass is 32.2. The molecule has 3 aromatic carbocycles. The number of benzene rings is 3. The Labute approximate surface area is 303 Å². The molecule has 1 amide bonds. The van der Waals surface area contributed by atoms with E-state index >= 15 is 0 Å². The van der Waals surface area contributed by atoms with E-state index in [1.54, 1.807) is 43.3 Å². The number of hydrogen-bond donors (Lipinski definition) is 1. The lowest BCUT2D eigenvalue weighted by molar-refractivity contribution is -0.881. The number of quaternary nitrogens is 1. The van der Waals surface area contributed by atoms with Gasteiger partial charge in [0.05, 0.1) is 78.2 Å². The summed E-state index contributed by atoms with van der Waals surface area (Å²) in [6.45, 7) is 3.64. The molecule has 2 aromatic heterocycles. The molecule has 1 saturated heterocycles. The number of nitrogens with one attached hydrogen (secondary N) is 1. The summed E-state index contributed by atoms with van der Waals surface area (Å²) < 4.78 is 76.2. The Morgan fingerprint density at radius 3 is 2.17 bits per heavy atom. The predicted octanol–water partition coefficient (Wildman–Crippen LogP) is 5.32. The maximum Gasteiger partial charge on any atom is 0.416 e. The van der Waals surface area contributed by atoms with Gasteiger partial charge < -0.3 is 14.4 Å². The van der Waals surface area contributed by atoms with Crippen LogP contribution >= 0.6 is 0 Å². The number of alkyl halides is 3. The van der Waals surface area contributed by atoms with E-state index in [0.29, 0.717) is 28.8 Å². The van der Waals surface area contributed by atoms with Crippen molar-refractivity contribution < 1.29 is 35.4 Å². The van der Waals surface area contributed by atoms with Crippen molar-refractivity contribution in [2.75, 3.05) is 27.2 Å². The van der Waals surface area contributed by atoms with E-state index in [4.69, 9.17) is 0 Å². The lowest BCUT2D eigenvalue weighted by Gasteiger charge is -2.25. The summed E-state index contributed by atoms with van der Waals surface area (Å²) in [5.41, 5.74) is 0.199. The number of halogens is 3. The molecule has 12 nitrogen and oxygen atoms in total. The summed E-state index contributed by atoms with van der Waals surface area (Å²) in [4.78, 5) is 27.8. The largest absolute Gasteiger partial charge is 0.744 e. The van der Waals surface area contributed by atoms with Crippen LogP contribution in [0.4, 0.5) is 18.0 Å². The highest BCUT2D eigenvalue weighted by Crippen LogP contribution is 2.40. The Morgan fingerprint density at radius 2 is 1.60 bits per heavy atom. The van der Waals surface area contributed by atoms with Gasteiger partial charge in [-0.3, -0.25) is 4.57 Å². The van der Waals surface area contributed by atoms with Crippen LogP contribution in [0, 0.1) is 30.1 Å². The zero-order valence-electron chi connectivity index (χ0n) is 29.0. The normalized spacial score (nSPS) is 19.2. The van der Waals surface area contributed by atoms with Crippen molar-refractivity contribution in [2.45, 2.75) is 36.9 Å². The van der Waals surface area contributed by atoms with Crippen molar-refractivity contribution in [2.24, 2.45) is 11.8 Å². The number of likely N-dealkylation sites (tertiary alicyclic amines) is 1. The maximum absolute atomic E-state index is 14.0. The van der Waals surface area contributed by atoms with Gasteiger partial charge in [0.2, 0.25) is 0 Å². The molecular formula is C37H36F3N7O5S. The van der Waals surface area contributed by atoms with Crippen molar-refractivity contribution in [3.63, 3.8) is 0 Å². The molecule has 0 spiro atoms. The second-order valence-corrected chi connectivity index (χ2v) is 15.3. The molecule has 2 fully saturated rings. The smallest absolute Gasteiger partial charge is 0.416 e. The monoisotopic (exact) mass is 747 g/mol. The van der Waals surface area contributed by atoms with Gasteiger partial charge in [-0.1, -0.05) is 24.3 Å². The van der Waals surface area contributed by atoms with E-state index in [-0.39, 0.29) is 28.0 Å². The summed E-state index contributed by atoms with van der Waals surface area (Å²) in [5, 5.41) is 16.7. The molecule has 7 rings (SSSR count). The molecule has 1 saturated carbocycles. The van der Waals surface area contributed by atoms with Gasteiger partial charge in [-0.15, -0.1) is 0 Å². The minimum absolute atomic E-state index is 0.00929. The molecular weight excluding hydrogens is 712 g/mol. The Bertz CT molecular complexity index is 2340. The fourth-order valence-corrected chi connectivity index (χ4v) is 8.02.